The van der Waals surface area contributed by atoms with Crippen LogP contribution in [0.3, 0.4) is 0 Å². The third-order valence-corrected chi connectivity index (χ3v) is 7.19. The number of unbranched alkanes of at least 4 members (excludes halogenated alkanes) is 2. The van der Waals surface area contributed by atoms with Crippen molar-refractivity contribution in [2.45, 2.75) is 33.1 Å². The topological polar surface area (TPSA) is 99.3 Å². The standard InChI is InChI=1S/C29H42N12/c1-22-18-24(32-34-28-38(5)20-30-40(28)7)12-14-26(22)36(3)16-10-9-11-17-37(4)27-15-13-25(19-23(27)2)33-35-29-39(6)21-31-41(29)8/h12-15,18-21H,9-11,16-17H2,1-8H3/q+2. The Kier molecular flexibility index (Phi) is 9.53. The van der Waals surface area contributed by atoms with Crippen molar-refractivity contribution in [2.75, 3.05) is 37.0 Å². The molecule has 0 fully saturated rings. The molecule has 12 heteroatoms. The predicted octanol–water partition coefficient (Wildman–Crippen LogP) is 4.99. The second-order valence-electron chi connectivity index (χ2n) is 10.6. The number of aryl methyl sites for hydroxylation is 6. The van der Waals surface area contributed by atoms with Gasteiger partial charge in [0.15, 0.2) is 0 Å². The minimum Gasteiger partial charge on any atom is -0.374 e. The van der Waals surface area contributed by atoms with Crippen molar-refractivity contribution >= 4 is 34.6 Å². The molecule has 0 aliphatic rings. The SMILES string of the molecule is Cc1cc(N=Nc2n(C)nc[n+]2C)ccc1N(C)CCCCCN(C)c1ccc(N=Nc2n(C)nc[n+]2C)cc1C. The third kappa shape index (κ3) is 7.38. The fourth-order valence-electron chi connectivity index (χ4n) is 4.82. The Labute approximate surface area is 242 Å². The lowest BCUT2D eigenvalue weighted by Gasteiger charge is -2.23. The van der Waals surface area contributed by atoms with Gasteiger partial charge >= 0.3 is 11.9 Å². The van der Waals surface area contributed by atoms with Gasteiger partial charge in [-0.1, -0.05) is 10.2 Å². The van der Waals surface area contributed by atoms with Gasteiger partial charge in [0.25, 0.3) is 0 Å². The lowest BCUT2D eigenvalue weighted by molar-refractivity contribution is -0.659. The summed E-state index contributed by atoms with van der Waals surface area (Å²) < 4.78 is 7.08. The van der Waals surface area contributed by atoms with E-state index in [1.165, 1.54) is 22.5 Å². The van der Waals surface area contributed by atoms with Crippen LogP contribution in [0.15, 0.2) is 69.5 Å². The van der Waals surface area contributed by atoms with E-state index >= 15 is 0 Å². The lowest BCUT2D eigenvalue weighted by atomic mass is 10.1. The normalized spacial score (nSPS) is 11.7. The van der Waals surface area contributed by atoms with E-state index in [1.807, 2.05) is 49.5 Å². The zero-order chi connectivity index (χ0) is 29.5. The summed E-state index contributed by atoms with van der Waals surface area (Å²) in [5.74, 6) is 1.39. The van der Waals surface area contributed by atoms with E-state index in [9.17, 15) is 0 Å². The maximum Gasteiger partial charge on any atom is 0.403 e. The molecule has 0 N–H and O–H groups in total. The van der Waals surface area contributed by atoms with Gasteiger partial charge in [0, 0.05) is 48.8 Å². The number of aromatic nitrogens is 6. The molecule has 0 radical (unpaired) electrons. The van der Waals surface area contributed by atoms with Crippen LogP contribution < -0.4 is 18.9 Å². The number of nitrogens with zero attached hydrogens (tertiary/aromatic N) is 12. The second kappa shape index (κ2) is 13.2. The van der Waals surface area contributed by atoms with E-state index in [-0.39, 0.29) is 0 Å². The molecule has 0 saturated heterocycles. The van der Waals surface area contributed by atoms with E-state index in [4.69, 9.17) is 0 Å². The van der Waals surface area contributed by atoms with Crippen molar-refractivity contribution < 1.29 is 9.13 Å². The Balaban J connectivity index is 1.23. The van der Waals surface area contributed by atoms with Gasteiger partial charge in [-0.3, -0.25) is 0 Å². The van der Waals surface area contributed by atoms with Crippen molar-refractivity contribution in [3.05, 3.63) is 60.2 Å². The Morgan fingerprint density at radius 2 is 1.07 bits per heavy atom. The summed E-state index contributed by atoms with van der Waals surface area (Å²) in [7, 11) is 11.8. The van der Waals surface area contributed by atoms with Crippen LogP contribution in [0.5, 0.6) is 0 Å². The number of azo groups is 2. The highest BCUT2D eigenvalue weighted by Crippen LogP contribution is 2.27. The van der Waals surface area contributed by atoms with Crippen LogP contribution in [0.1, 0.15) is 30.4 Å². The summed E-state index contributed by atoms with van der Waals surface area (Å²) in [4.78, 5) is 4.65. The molecule has 0 saturated carbocycles. The van der Waals surface area contributed by atoms with Crippen molar-refractivity contribution in [1.82, 2.24) is 19.6 Å². The fraction of sp³-hybridized carbons (Fsp3) is 0.448. The van der Waals surface area contributed by atoms with Crippen LogP contribution in [0.25, 0.3) is 0 Å². The molecule has 2 aromatic heterocycles. The van der Waals surface area contributed by atoms with Crippen molar-refractivity contribution in [1.29, 1.82) is 0 Å². The summed E-state index contributed by atoms with van der Waals surface area (Å²) in [6.07, 6.45) is 6.86. The second-order valence-corrected chi connectivity index (χ2v) is 10.6. The summed E-state index contributed by atoms with van der Waals surface area (Å²) >= 11 is 0. The predicted molar refractivity (Wildman–Crippen MR) is 160 cm³/mol. The molecule has 0 bridgehead atoms. The molecule has 216 valence electrons. The first-order valence-corrected chi connectivity index (χ1v) is 13.9. The Bertz CT molecular complexity index is 1380. The molecule has 41 heavy (non-hydrogen) atoms. The van der Waals surface area contributed by atoms with Crippen LogP contribution >= 0.6 is 0 Å². The highest BCUT2D eigenvalue weighted by Gasteiger charge is 2.13. The third-order valence-electron chi connectivity index (χ3n) is 7.19. The Hall–Kier alpha value is -4.48. The van der Waals surface area contributed by atoms with E-state index in [1.54, 1.807) is 22.0 Å². The Morgan fingerprint density at radius 1 is 0.659 bits per heavy atom. The first-order chi connectivity index (χ1) is 19.6. The molecule has 2 heterocycles. The number of anilines is 2. The van der Waals surface area contributed by atoms with Gasteiger partial charge in [0.2, 0.25) is 12.7 Å². The average molecular weight is 559 g/mol. The zero-order valence-corrected chi connectivity index (χ0v) is 25.5. The van der Waals surface area contributed by atoms with Gasteiger partial charge in [0.1, 0.15) is 0 Å². The minimum atomic E-state index is 0.694. The smallest absolute Gasteiger partial charge is 0.374 e. The molecule has 0 aliphatic heterocycles. The highest BCUT2D eigenvalue weighted by molar-refractivity contribution is 5.59. The van der Waals surface area contributed by atoms with Crippen LogP contribution in [0.4, 0.5) is 34.6 Å². The highest BCUT2D eigenvalue weighted by atomic mass is 15.4. The monoisotopic (exact) mass is 558 g/mol. The molecule has 0 aliphatic carbocycles. The van der Waals surface area contributed by atoms with Gasteiger partial charge in [-0.25, -0.2) is 9.13 Å². The molecule has 0 amide bonds. The van der Waals surface area contributed by atoms with Crippen molar-refractivity contribution in [3.63, 3.8) is 0 Å². The summed E-state index contributed by atoms with van der Waals surface area (Å²) in [6.45, 7) is 6.25. The van der Waals surface area contributed by atoms with Gasteiger partial charge < -0.3 is 9.80 Å². The molecule has 0 unspecified atom stereocenters. The van der Waals surface area contributed by atoms with Crippen LogP contribution in [0, 0.1) is 13.8 Å². The first kappa shape index (κ1) is 29.5. The fourth-order valence-corrected chi connectivity index (χ4v) is 4.82. The zero-order valence-electron chi connectivity index (χ0n) is 25.5. The maximum atomic E-state index is 4.40. The van der Waals surface area contributed by atoms with Gasteiger partial charge in [-0.15, -0.1) is 9.36 Å². The van der Waals surface area contributed by atoms with Crippen LogP contribution in [-0.4, -0.2) is 46.7 Å². The molecular weight excluding hydrogens is 516 g/mol. The van der Waals surface area contributed by atoms with Crippen molar-refractivity contribution in [3.8, 4) is 0 Å². The molecule has 2 aromatic carbocycles. The molecular formula is C29H42N12+2. The average Bonchev–Trinajstić information content (AvgIpc) is 3.44. The van der Waals surface area contributed by atoms with Gasteiger partial charge in [-0.2, -0.15) is 0 Å². The molecule has 4 rings (SSSR count). The molecule has 4 aromatic rings. The molecule has 0 atom stereocenters. The van der Waals surface area contributed by atoms with E-state index < -0.39 is 0 Å². The number of benzene rings is 2. The largest absolute Gasteiger partial charge is 0.403 e. The number of hydrogen-bond acceptors (Lipinski definition) is 8. The number of hydrogen-bond donors (Lipinski definition) is 0. The first-order valence-electron chi connectivity index (χ1n) is 13.9. The molecule has 12 nitrogen and oxygen atoms in total. The van der Waals surface area contributed by atoms with Crippen LogP contribution in [-0.2, 0) is 28.2 Å². The van der Waals surface area contributed by atoms with E-state index in [0.29, 0.717) is 11.9 Å². The summed E-state index contributed by atoms with van der Waals surface area (Å²) in [6, 6.07) is 12.4. The summed E-state index contributed by atoms with van der Waals surface area (Å²) in [5, 5.41) is 25.9. The molecule has 0 spiro atoms. The van der Waals surface area contributed by atoms with E-state index in [0.717, 1.165) is 43.7 Å². The lowest BCUT2D eigenvalue weighted by Crippen LogP contribution is -2.25. The van der Waals surface area contributed by atoms with Crippen molar-refractivity contribution in [2.24, 2.45) is 48.6 Å². The maximum absolute atomic E-state index is 4.40. The van der Waals surface area contributed by atoms with Gasteiger partial charge in [-0.05, 0) is 90.8 Å². The summed E-state index contributed by atoms with van der Waals surface area (Å²) in [5.41, 5.74) is 6.47. The van der Waals surface area contributed by atoms with E-state index in [2.05, 4.69) is 92.7 Å². The van der Waals surface area contributed by atoms with Crippen LogP contribution in [0.2, 0.25) is 0 Å². The van der Waals surface area contributed by atoms with Gasteiger partial charge in [0.05, 0.1) is 39.6 Å². The number of rotatable bonds is 12. The minimum absolute atomic E-state index is 0.694. The Morgan fingerprint density at radius 3 is 1.41 bits per heavy atom. The quantitative estimate of drug-likeness (QED) is 0.139.